The minimum atomic E-state index is -0.521. The van der Waals surface area contributed by atoms with Crippen LogP contribution in [0.4, 0.5) is 4.79 Å². The topological polar surface area (TPSA) is 64.5 Å². The molecule has 140 valence electrons. The lowest BCUT2D eigenvalue weighted by atomic mass is 10.0. The number of amides is 1. The quantitative estimate of drug-likeness (QED) is 0.790. The molecule has 1 atom stereocenters. The van der Waals surface area contributed by atoms with E-state index in [-0.39, 0.29) is 17.3 Å². The minimum Gasteiger partial charge on any atom is -0.473 e. The van der Waals surface area contributed by atoms with E-state index in [1.165, 1.54) is 0 Å². The number of aromatic nitrogens is 2. The number of ether oxygens (including phenoxy) is 2. The average molecular weight is 378 g/mol. The van der Waals surface area contributed by atoms with Crippen molar-refractivity contribution in [2.75, 3.05) is 13.2 Å². The summed E-state index contributed by atoms with van der Waals surface area (Å²) in [5, 5.41) is 0.225. The van der Waals surface area contributed by atoms with E-state index < -0.39 is 5.60 Å². The van der Waals surface area contributed by atoms with Crippen molar-refractivity contribution in [1.29, 1.82) is 0 Å². The molecule has 0 aliphatic carbocycles. The summed E-state index contributed by atoms with van der Waals surface area (Å²) in [7, 11) is 0. The van der Waals surface area contributed by atoms with Crippen molar-refractivity contribution in [3.05, 3.63) is 29.4 Å². The number of hydrogen-bond acceptors (Lipinski definition) is 5. The molecule has 6 nitrogen and oxygen atoms in total. The van der Waals surface area contributed by atoms with Crippen LogP contribution in [-0.2, 0) is 4.74 Å². The zero-order chi connectivity index (χ0) is 18.7. The van der Waals surface area contributed by atoms with E-state index in [2.05, 4.69) is 9.97 Å². The molecular formula is C19H24ClN3O3. The number of likely N-dealkylation sites (tertiary alicyclic amines) is 1. The molecule has 1 aromatic carbocycles. The van der Waals surface area contributed by atoms with Crippen molar-refractivity contribution < 1.29 is 14.3 Å². The molecule has 0 spiro atoms. The van der Waals surface area contributed by atoms with Gasteiger partial charge in [-0.3, -0.25) is 0 Å². The van der Waals surface area contributed by atoms with Crippen molar-refractivity contribution >= 4 is 28.7 Å². The lowest BCUT2D eigenvalue weighted by Gasteiger charge is -2.36. The highest BCUT2D eigenvalue weighted by atomic mass is 35.5. The molecule has 0 unspecified atom stereocenters. The van der Waals surface area contributed by atoms with Crippen molar-refractivity contribution in [3.8, 4) is 5.88 Å². The Labute approximate surface area is 158 Å². The largest absolute Gasteiger partial charge is 0.473 e. The van der Waals surface area contributed by atoms with E-state index in [4.69, 9.17) is 21.1 Å². The normalized spacial score (nSPS) is 18.0. The molecule has 0 bridgehead atoms. The summed E-state index contributed by atoms with van der Waals surface area (Å²) in [6.45, 7) is 6.58. The van der Waals surface area contributed by atoms with Gasteiger partial charge >= 0.3 is 6.09 Å². The van der Waals surface area contributed by atoms with Crippen LogP contribution in [0, 0.1) is 0 Å². The van der Waals surface area contributed by atoms with Gasteiger partial charge in [-0.15, -0.1) is 0 Å². The number of halogens is 1. The molecule has 1 aromatic heterocycles. The summed E-state index contributed by atoms with van der Waals surface area (Å²) >= 11 is 6.20. The molecule has 3 rings (SSSR count). The first-order chi connectivity index (χ1) is 12.3. The SMILES string of the molecule is CC(C)(C)OC(=O)N1CCCC[C@H]1COc1nc2ccccc2nc1Cl. The Morgan fingerprint density at radius 3 is 2.62 bits per heavy atom. The standard InChI is InChI=1S/C19H24ClN3O3/c1-19(2,3)26-18(24)23-11-7-6-8-13(23)12-25-17-16(20)21-14-9-4-5-10-15(14)22-17/h4-5,9-10,13H,6-8,11-12H2,1-3H3/t13-/m0/s1. The maximum Gasteiger partial charge on any atom is 0.410 e. The van der Waals surface area contributed by atoms with Gasteiger partial charge < -0.3 is 14.4 Å². The summed E-state index contributed by atoms with van der Waals surface area (Å²) in [6, 6.07) is 7.42. The number of piperidine rings is 1. The second-order valence-electron chi connectivity index (χ2n) is 7.44. The van der Waals surface area contributed by atoms with Crippen LogP contribution < -0.4 is 4.74 Å². The van der Waals surface area contributed by atoms with Crippen LogP contribution >= 0.6 is 11.6 Å². The monoisotopic (exact) mass is 377 g/mol. The second-order valence-corrected chi connectivity index (χ2v) is 7.80. The van der Waals surface area contributed by atoms with Crippen LogP contribution in [0.5, 0.6) is 5.88 Å². The zero-order valence-electron chi connectivity index (χ0n) is 15.4. The third kappa shape index (κ3) is 4.55. The van der Waals surface area contributed by atoms with Crippen LogP contribution in [-0.4, -0.2) is 45.8 Å². The second kappa shape index (κ2) is 7.66. The highest BCUT2D eigenvalue weighted by Gasteiger charge is 2.31. The fraction of sp³-hybridized carbons (Fsp3) is 0.526. The third-order valence-corrected chi connectivity index (χ3v) is 4.41. The molecule has 1 aliphatic rings. The number of nitrogens with zero attached hydrogens (tertiary/aromatic N) is 3. The van der Waals surface area contributed by atoms with E-state index in [9.17, 15) is 4.79 Å². The first-order valence-corrected chi connectivity index (χ1v) is 9.26. The van der Waals surface area contributed by atoms with E-state index in [0.29, 0.717) is 19.0 Å². The molecule has 0 radical (unpaired) electrons. The van der Waals surface area contributed by atoms with E-state index in [1.807, 2.05) is 45.0 Å². The molecule has 1 fully saturated rings. The molecule has 1 amide bonds. The minimum absolute atomic E-state index is 0.0667. The first kappa shape index (κ1) is 18.7. The number of carbonyl (C=O) groups excluding carboxylic acids is 1. The van der Waals surface area contributed by atoms with Gasteiger partial charge in [0.2, 0.25) is 0 Å². The van der Waals surface area contributed by atoms with Crippen LogP contribution in [0.3, 0.4) is 0 Å². The number of hydrogen-bond donors (Lipinski definition) is 0. The average Bonchev–Trinajstić information content (AvgIpc) is 2.58. The Kier molecular flexibility index (Phi) is 5.51. The Bertz CT molecular complexity index is 791. The molecular weight excluding hydrogens is 354 g/mol. The lowest BCUT2D eigenvalue weighted by Crippen LogP contribution is -2.48. The Balaban J connectivity index is 1.70. The van der Waals surface area contributed by atoms with Crippen LogP contribution in [0.25, 0.3) is 11.0 Å². The Morgan fingerprint density at radius 2 is 1.92 bits per heavy atom. The van der Waals surface area contributed by atoms with Gasteiger partial charge in [-0.1, -0.05) is 23.7 Å². The summed E-state index contributed by atoms with van der Waals surface area (Å²) in [6.07, 6.45) is 2.57. The molecule has 0 saturated carbocycles. The first-order valence-electron chi connectivity index (χ1n) is 8.88. The van der Waals surface area contributed by atoms with Crippen molar-refractivity contribution in [2.24, 2.45) is 0 Å². The number of benzene rings is 1. The summed E-state index contributed by atoms with van der Waals surface area (Å²) in [5.74, 6) is 0.292. The molecule has 7 heteroatoms. The molecule has 1 saturated heterocycles. The van der Waals surface area contributed by atoms with Gasteiger partial charge in [-0.25, -0.2) is 14.8 Å². The van der Waals surface area contributed by atoms with Crippen LogP contribution in [0.1, 0.15) is 40.0 Å². The summed E-state index contributed by atoms with van der Waals surface area (Å²) < 4.78 is 11.4. The van der Waals surface area contributed by atoms with E-state index in [0.717, 1.165) is 30.3 Å². The third-order valence-electron chi connectivity index (χ3n) is 4.17. The Morgan fingerprint density at radius 1 is 1.23 bits per heavy atom. The maximum absolute atomic E-state index is 12.5. The fourth-order valence-corrected chi connectivity index (χ4v) is 3.15. The van der Waals surface area contributed by atoms with E-state index >= 15 is 0 Å². The van der Waals surface area contributed by atoms with Gasteiger partial charge in [0.1, 0.15) is 12.2 Å². The predicted molar refractivity (Wildman–Crippen MR) is 101 cm³/mol. The highest BCUT2D eigenvalue weighted by Crippen LogP contribution is 2.25. The van der Waals surface area contributed by atoms with Gasteiger partial charge in [0.15, 0.2) is 5.15 Å². The van der Waals surface area contributed by atoms with Crippen LogP contribution in [0.2, 0.25) is 5.15 Å². The van der Waals surface area contributed by atoms with Gasteiger partial charge in [-0.2, -0.15) is 0 Å². The lowest BCUT2D eigenvalue weighted by molar-refractivity contribution is 0.00336. The zero-order valence-corrected chi connectivity index (χ0v) is 16.1. The van der Waals surface area contributed by atoms with Gasteiger partial charge in [0.05, 0.1) is 17.1 Å². The van der Waals surface area contributed by atoms with Crippen molar-refractivity contribution in [1.82, 2.24) is 14.9 Å². The maximum atomic E-state index is 12.5. The smallest absolute Gasteiger partial charge is 0.410 e. The van der Waals surface area contributed by atoms with Gasteiger partial charge in [0, 0.05) is 6.54 Å². The van der Waals surface area contributed by atoms with Gasteiger partial charge in [-0.05, 0) is 52.2 Å². The number of carbonyl (C=O) groups is 1. The summed E-state index contributed by atoms with van der Waals surface area (Å²) in [4.78, 5) is 23.0. The molecule has 0 N–H and O–H groups in total. The molecule has 2 heterocycles. The number of para-hydroxylation sites is 2. The van der Waals surface area contributed by atoms with Gasteiger partial charge in [0.25, 0.3) is 5.88 Å². The van der Waals surface area contributed by atoms with Crippen LogP contribution in [0.15, 0.2) is 24.3 Å². The molecule has 26 heavy (non-hydrogen) atoms. The predicted octanol–water partition coefficient (Wildman–Crippen LogP) is 4.45. The van der Waals surface area contributed by atoms with Crippen molar-refractivity contribution in [3.63, 3.8) is 0 Å². The number of rotatable bonds is 3. The number of fused-ring (bicyclic) bond motifs is 1. The summed E-state index contributed by atoms with van der Waals surface area (Å²) in [5.41, 5.74) is 0.921. The molecule has 1 aliphatic heterocycles. The van der Waals surface area contributed by atoms with E-state index in [1.54, 1.807) is 4.90 Å². The molecule has 2 aromatic rings. The van der Waals surface area contributed by atoms with Crippen molar-refractivity contribution in [2.45, 2.75) is 51.7 Å². The Hall–Kier alpha value is -2.08. The highest BCUT2D eigenvalue weighted by molar-refractivity contribution is 6.31. The fourth-order valence-electron chi connectivity index (χ4n) is 2.96.